The summed E-state index contributed by atoms with van der Waals surface area (Å²) < 4.78 is 0. The molecule has 136 valence electrons. The Kier molecular flexibility index (Phi) is 9.06. The molecule has 24 heavy (non-hydrogen) atoms. The molecule has 0 radical (unpaired) electrons. The number of piperidine rings is 1. The number of hydrogen-bond donors (Lipinski definition) is 2. The van der Waals surface area contributed by atoms with Crippen LogP contribution in [0.3, 0.4) is 0 Å². The van der Waals surface area contributed by atoms with E-state index in [2.05, 4.69) is 22.5 Å². The summed E-state index contributed by atoms with van der Waals surface area (Å²) in [6.07, 6.45) is 2.31. The monoisotopic (exact) mass is 373 g/mol. The van der Waals surface area contributed by atoms with E-state index < -0.39 is 0 Å². The summed E-state index contributed by atoms with van der Waals surface area (Å²) in [6, 6.07) is 3.92. The van der Waals surface area contributed by atoms with E-state index in [0.29, 0.717) is 11.6 Å². The third-order valence-electron chi connectivity index (χ3n) is 4.45. The minimum absolute atomic E-state index is 0. The number of likely N-dealkylation sites (tertiary alicyclic amines) is 1. The first-order chi connectivity index (χ1) is 11.0. The zero-order valence-electron chi connectivity index (χ0n) is 14.8. The van der Waals surface area contributed by atoms with Crippen molar-refractivity contribution in [2.24, 2.45) is 5.92 Å². The van der Waals surface area contributed by atoms with Crippen molar-refractivity contribution in [2.45, 2.75) is 33.6 Å². The Morgan fingerprint density at radius 3 is 2.54 bits per heavy atom. The maximum atomic E-state index is 12.3. The Balaban J connectivity index is 0.00000288. The van der Waals surface area contributed by atoms with Gasteiger partial charge >= 0.3 is 0 Å². The van der Waals surface area contributed by atoms with Gasteiger partial charge in [0, 0.05) is 0 Å². The van der Waals surface area contributed by atoms with E-state index in [9.17, 15) is 4.79 Å². The standard InChI is InChI=1S/C18H28ClN3O.ClH/c1-4-20-11-15-5-7-22(8-6-15)12-17(23)21-18-14(3)9-13(2)10-16(18)19;/h9-10,15,20H,4-8,11-12H2,1-3H3,(H,21,23);1H. The van der Waals surface area contributed by atoms with Gasteiger partial charge in [-0.3, -0.25) is 9.69 Å². The summed E-state index contributed by atoms with van der Waals surface area (Å²) in [7, 11) is 0. The maximum absolute atomic E-state index is 12.3. The fraction of sp³-hybridized carbons (Fsp3) is 0.611. The fourth-order valence-corrected chi connectivity index (χ4v) is 3.52. The Labute approximate surface area is 156 Å². The molecule has 0 unspecified atom stereocenters. The zero-order valence-corrected chi connectivity index (χ0v) is 16.4. The van der Waals surface area contributed by atoms with Crippen LogP contribution in [-0.2, 0) is 4.79 Å². The summed E-state index contributed by atoms with van der Waals surface area (Å²) in [5.74, 6) is 0.757. The second-order valence-electron chi connectivity index (χ2n) is 6.51. The smallest absolute Gasteiger partial charge is 0.238 e. The molecule has 1 aliphatic rings. The molecule has 0 saturated carbocycles. The third-order valence-corrected chi connectivity index (χ3v) is 4.75. The molecule has 0 aliphatic carbocycles. The Hall–Kier alpha value is -0.810. The molecule has 0 aromatic heterocycles. The van der Waals surface area contributed by atoms with Crippen molar-refractivity contribution in [3.05, 3.63) is 28.3 Å². The van der Waals surface area contributed by atoms with Gasteiger partial charge in [0.25, 0.3) is 0 Å². The summed E-state index contributed by atoms with van der Waals surface area (Å²) in [5, 5.41) is 7.00. The van der Waals surface area contributed by atoms with Crippen molar-refractivity contribution in [3.63, 3.8) is 0 Å². The lowest BCUT2D eigenvalue weighted by Crippen LogP contribution is -2.41. The highest BCUT2D eigenvalue weighted by atomic mass is 35.5. The van der Waals surface area contributed by atoms with Crippen LogP contribution in [0.15, 0.2) is 12.1 Å². The second-order valence-corrected chi connectivity index (χ2v) is 6.92. The molecular formula is C18H29Cl2N3O. The molecule has 2 N–H and O–H groups in total. The first kappa shape index (κ1) is 21.2. The molecule has 6 heteroatoms. The number of hydrogen-bond acceptors (Lipinski definition) is 3. The van der Waals surface area contributed by atoms with Crippen LogP contribution in [0.4, 0.5) is 5.69 Å². The van der Waals surface area contributed by atoms with E-state index in [1.54, 1.807) is 0 Å². The highest BCUT2D eigenvalue weighted by Gasteiger charge is 2.21. The SMILES string of the molecule is CCNCC1CCN(CC(=O)Nc2c(C)cc(C)cc2Cl)CC1.Cl. The molecule has 4 nitrogen and oxygen atoms in total. The van der Waals surface area contributed by atoms with Crippen molar-refractivity contribution < 1.29 is 4.79 Å². The van der Waals surface area contributed by atoms with Gasteiger partial charge in [-0.25, -0.2) is 0 Å². The maximum Gasteiger partial charge on any atom is 0.238 e. The number of nitrogens with zero attached hydrogens (tertiary/aromatic N) is 1. The summed E-state index contributed by atoms with van der Waals surface area (Å²) >= 11 is 6.25. The van der Waals surface area contributed by atoms with Crippen LogP contribution in [0.25, 0.3) is 0 Å². The van der Waals surface area contributed by atoms with Crippen LogP contribution in [0, 0.1) is 19.8 Å². The van der Waals surface area contributed by atoms with Crippen molar-refractivity contribution in [1.29, 1.82) is 0 Å². The van der Waals surface area contributed by atoms with Gasteiger partial charge in [0.1, 0.15) is 0 Å². The highest BCUT2D eigenvalue weighted by molar-refractivity contribution is 6.34. The quantitative estimate of drug-likeness (QED) is 0.799. The molecule has 1 aromatic rings. The van der Waals surface area contributed by atoms with Gasteiger partial charge in [0.15, 0.2) is 0 Å². The average molecular weight is 374 g/mol. The lowest BCUT2D eigenvalue weighted by Gasteiger charge is -2.31. The predicted molar refractivity (Wildman–Crippen MR) is 105 cm³/mol. The number of aryl methyl sites for hydroxylation is 2. The second kappa shape index (κ2) is 10.2. The van der Waals surface area contributed by atoms with Gasteiger partial charge in [-0.05, 0) is 76.0 Å². The van der Waals surface area contributed by atoms with Crippen molar-refractivity contribution >= 4 is 35.6 Å². The topological polar surface area (TPSA) is 44.4 Å². The third kappa shape index (κ3) is 6.25. The van der Waals surface area contributed by atoms with Crippen LogP contribution in [0.5, 0.6) is 0 Å². The van der Waals surface area contributed by atoms with Crippen LogP contribution in [0.2, 0.25) is 5.02 Å². The molecule has 1 saturated heterocycles. The number of benzene rings is 1. The summed E-state index contributed by atoms with van der Waals surface area (Å²) in [6.45, 7) is 10.7. The number of nitrogens with one attached hydrogen (secondary N) is 2. The predicted octanol–water partition coefficient (Wildman–Crippen LogP) is 3.64. The van der Waals surface area contributed by atoms with Crippen molar-refractivity contribution in [1.82, 2.24) is 10.2 Å². The van der Waals surface area contributed by atoms with E-state index in [0.717, 1.165) is 61.8 Å². The van der Waals surface area contributed by atoms with Crippen LogP contribution < -0.4 is 10.6 Å². The van der Waals surface area contributed by atoms with Gasteiger partial charge in [-0.15, -0.1) is 12.4 Å². The first-order valence-electron chi connectivity index (χ1n) is 8.49. The van der Waals surface area contributed by atoms with E-state index in [4.69, 9.17) is 11.6 Å². The Morgan fingerprint density at radius 2 is 1.96 bits per heavy atom. The van der Waals surface area contributed by atoms with E-state index >= 15 is 0 Å². The van der Waals surface area contributed by atoms with E-state index in [1.807, 2.05) is 26.0 Å². The minimum atomic E-state index is 0. The summed E-state index contributed by atoms with van der Waals surface area (Å²) in [4.78, 5) is 14.5. The van der Waals surface area contributed by atoms with Gasteiger partial charge in [-0.1, -0.05) is 24.6 Å². The molecule has 2 rings (SSSR count). The van der Waals surface area contributed by atoms with Gasteiger partial charge in [-0.2, -0.15) is 0 Å². The Bertz CT molecular complexity index is 520. The number of rotatable bonds is 6. The zero-order chi connectivity index (χ0) is 16.8. The normalized spacial score (nSPS) is 15.8. The lowest BCUT2D eigenvalue weighted by molar-refractivity contribution is -0.117. The number of carbonyl (C=O) groups is 1. The molecule has 1 aliphatic heterocycles. The number of amides is 1. The highest BCUT2D eigenvalue weighted by Crippen LogP contribution is 2.27. The molecule has 0 spiro atoms. The number of carbonyl (C=O) groups excluding carboxylic acids is 1. The van der Waals surface area contributed by atoms with Crippen LogP contribution in [0.1, 0.15) is 30.9 Å². The lowest BCUT2D eigenvalue weighted by atomic mass is 9.97. The average Bonchev–Trinajstić information content (AvgIpc) is 2.50. The van der Waals surface area contributed by atoms with Gasteiger partial charge in [0.2, 0.25) is 5.91 Å². The molecule has 1 amide bonds. The number of anilines is 1. The molecular weight excluding hydrogens is 345 g/mol. The van der Waals surface area contributed by atoms with Crippen LogP contribution in [-0.4, -0.2) is 43.5 Å². The molecule has 1 fully saturated rings. The van der Waals surface area contributed by atoms with Crippen molar-refractivity contribution in [2.75, 3.05) is 38.0 Å². The number of halogens is 2. The molecule has 0 atom stereocenters. The molecule has 0 bridgehead atoms. The van der Waals surface area contributed by atoms with Gasteiger partial charge < -0.3 is 10.6 Å². The van der Waals surface area contributed by atoms with Crippen LogP contribution >= 0.6 is 24.0 Å². The van der Waals surface area contributed by atoms with E-state index in [-0.39, 0.29) is 18.3 Å². The Morgan fingerprint density at radius 1 is 1.29 bits per heavy atom. The van der Waals surface area contributed by atoms with E-state index in [1.165, 1.54) is 0 Å². The first-order valence-corrected chi connectivity index (χ1v) is 8.87. The summed E-state index contributed by atoms with van der Waals surface area (Å²) in [5.41, 5.74) is 2.85. The van der Waals surface area contributed by atoms with Crippen molar-refractivity contribution in [3.8, 4) is 0 Å². The molecule has 1 aromatic carbocycles. The van der Waals surface area contributed by atoms with Gasteiger partial charge in [0.05, 0.1) is 17.3 Å². The largest absolute Gasteiger partial charge is 0.323 e. The molecule has 1 heterocycles. The fourth-order valence-electron chi connectivity index (χ4n) is 3.15. The minimum Gasteiger partial charge on any atom is -0.323 e.